The van der Waals surface area contributed by atoms with Gasteiger partial charge in [-0.15, -0.1) is 0 Å². The van der Waals surface area contributed by atoms with Crippen LogP contribution < -0.4 is 0 Å². The first kappa shape index (κ1) is 58.6. The van der Waals surface area contributed by atoms with E-state index in [9.17, 15) is 9.59 Å². The van der Waals surface area contributed by atoms with Crippen molar-refractivity contribution in [3.63, 3.8) is 0 Å². The van der Waals surface area contributed by atoms with E-state index >= 15 is 0 Å². The van der Waals surface area contributed by atoms with Gasteiger partial charge < -0.3 is 14.2 Å². The Kier molecular flexibility index (Phi) is 49.0. The second-order valence-corrected chi connectivity index (χ2v) is 16.3. The van der Waals surface area contributed by atoms with Gasteiger partial charge in [0.05, 0.1) is 6.61 Å². The van der Waals surface area contributed by atoms with E-state index in [2.05, 4.69) is 130 Å². The van der Waals surface area contributed by atoms with E-state index in [0.29, 0.717) is 19.4 Å². The number of hydrogen-bond donors (Lipinski definition) is 0. The van der Waals surface area contributed by atoms with Crippen LogP contribution in [0.15, 0.2) is 109 Å². The smallest absolute Gasteiger partial charge is 0.306 e. The summed E-state index contributed by atoms with van der Waals surface area (Å²) < 4.78 is 17.3. The van der Waals surface area contributed by atoms with Crippen LogP contribution in [0.5, 0.6) is 0 Å². The fraction of sp³-hybridized carbons (Fsp3) is 0.649. The topological polar surface area (TPSA) is 61.8 Å². The van der Waals surface area contributed by atoms with Gasteiger partial charge in [0.25, 0.3) is 0 Å². The summed E-state index contributed by atoms with van der Waals surface area (Å²) in [5, 5.41) is 0. The number of carbonyl (C=O) groups is 2. The molecule has 0 aromatic heterocycles. The Morgan fingerprint density at radius 3 is 1.23 bits per heavy atom. The van der Waals surface area contributed by atoms with Crippen LogP contribution in [0.25, 0.3) is 0 Å². The highest BCUT2D eigenvalue weighted by atomic mass is 16.6. The summed E-state index contributed by atoms with van der Waals surface area (Å²) in [6, 6.07) is 0. The maximum absolute atomic E-state index is 12.8. The number of ether oxygens (including phenoxy) is 3. The first-order valence-corrected chi connectivity index (χ1v) is 25.4. The third-order valence-electron chi connectivity index (χ3n) is 10.3. The van der Waals surface area contributed by atoms with E-state index < -0.39 is 6.10 Å². The highest BCUT2D eigenvalue weighted by molar-refractivity contribution is 5.70. The van der Waals surface area contributed by atoms with E-state index in [4.69, 9.17) is 14.2 Å². The third-order valence-corrected chi connectivity index (χ3v) is 10.3. The number of allylic oxidation sites excluding steroid dienone is 18. The van der Waals surface area contributed by atoms with Crippen LogP contribution in [0.3, 0.4) is 0 Å². The quantitative estimate of drug-likeness (QED) is 0.0347. The molecule has 0 spiro atoms. The number of unbranched alkanes of at least 4 members (excludes halogenated alkanes) is 16. The summed E-state index contributed by atoms with van der Waals surface area (Å²) in [6.45, 7) is 7.48. The summed E-state index contributed by atoms with van der Waals surface area (Å²) in [5.41, 5.74) is 0. The van der Waals surface area contributed by atoms with Gasteiger partial charge in [-0.25, -0.2) is 0 Å². The van der Waals surface area contributed by atoms with Gasteiger partial charge >= 0.3 is 11.9 Å². The van der Waals surface area contributed by atoms with Crippen molar-refractivity contribution in [3.8, 4) is 0 Å². The summed E-state index contributed by atoms with van der Waals surface area (Å²) in [6.07, 6.45) is 71.0. The van der Waals surface area contributed by atoms with Gasteiger partial charge in [0.1, 0.15) is 6.61 Å². The molecule has 5 nitrogen and oxygen atoms in total. The molecule has 0 fully saturated rings. The van der Waals surface area contributed by atoms with Gasteiger partial charge in [0.15, 0.2) is 6.10 Å². The van der Waals surface area contributed by atoms with Gasteiger partial charge in [-0.3, -0.25) is 9.59 Å². The molecule has 1 atom stereocenters. The fourth-order valence-corrected chi connectivity index (χ4v) is 6.55. The molecule has 0 aliphatic carbocycles. The fourth-order valence-electron chi connectivity index (χ4n) is 6.55. The van der Waals surface area contributed by atoms with Crippen LogP contribution in [-0.2, 0) is 23.8 Å². The monoisotopic (exact) mass is 859 g/mol. The van der Waals surface area contributed by atoms with Crippen LogP contribution in [0.2, 0.25) is 0 Å². The molecule has 352 valence electrons. The molecule has 0 aliphatic rings. The third kappa shape index (κ3) is 49.2. The minimum atomic E-state index is -0.583. The second-order valence-electron chi connectivity index (χ2n) is 16.3. The summed E-state index contributed by atoms with van der Waals surface area (Å²) in [4.78, 5) is 25.3. The van der Waals surface area contributed by atoms with Crippen LogP contribution in [0.1, 0.15) is 213 Å². The Balaban J connectivity index is 4.42. The molecule has 0 aromatic rings. The first-order chi connectivity index (χ1) is 30.6. The maximum atomic E-state index is 12.8. The van der Waals surface area contributed by atoms with Crippen molar-refractivity contribution < 1.29 is 23.8 Å². The summed E-state index contributed by atoms with van der Waals surface area (Å²) in [5.74, 6) is -0.508. The minimum absolute atomic E-state index is 0.0355. The van der Waals surface area contributed by atoms with Gasteiger partial charge in [-0.05, 0) is 116 Å². The number of rotatable bonds is 45. The lowest BCUT2D eigenvalue weighted by Gasteiger charge is -2.18. The molecule has 0 saturated heterocycles. The molecule has 0 radical (unpaired) electrons. The van der Waals surface area contributed by atoms with Gasteiger partial charge in [-0.1, -0.05) is 194 Å². The van der Waals surface area contributed by atoms with Crippen molar-refractivity contribution in [2.24, 2.45) is 0 Å². The minimum Gasteiger partial charge on any atom is -0.462 e. The molecule has 0 rings (SSSR count). The van der Waals surface area contributed by atoms with Crippen molar-refractivity contribution >= 4 is 11.9 Å². The van der Waals surface area contributed by atoms with Crippen LogP contribution in [-0.4, -0.2) is 37.9 Å². The molecular formula is C57H94O5. The van der Waals surface area contributed by atoms with Gasteiger partial charge in [0, 0.05) is 19.4 Å². The average Bonchev–Trinajstić information content (AvgIpc) is 3.27. The Morgan fingerprint density at radius 1 is 0.371 bits per heavy atom. The highest BCUT2D eigenvalue weighted by Gasteiger charge is 2.17. The predicted molar refractivity (Wildman–Crippen MR) is 269 cm³/mol. The van der Waals surface area contributed by atoms with Crippen molar-refractivity contribution in [2.75, 3.05) is 19.8 Å². The van der Waals surface area contributed by atoms with E-state index in [-0.39, 0.29) is 25.2 Å². The molecule has 0 saturated carbocycles. The molecule has 62 heavy (non-hydrogen) atoms. The van der Waals surface area contributed by atoms with E-state index in [0.717, 1.165) is 103 Å². The molecular weight excluding hydrogens is 765 g/mol. The molecule has 5 heteroatoms. The Hall–Kier alpha value is -3.44. The SMILES string of the molecule is CC/C=C\C/C=C\C/C=C\C/C=C\C/C=C\CCCC(=O)OCC(COCCCCCCCC/C=C\CCCCCCCC)OC(=O)CCCCC/C=C\C/C=C\C/C=C\CC. The zero-order valence-corrected chi connectivity index (χ0v) is 40.3. The Labute approximate surface area is 383 Å². The van der Waals surface area contributed by atoms with Crippen LogP contribution in [0, 0.1) is 0 Å². The summed E-state index contributed by atoms with van der Waals surface area (Å²) >= 11 is 0. The standard InChI is InChI=1S/C57H94O5/c1-4-7-10-13-16-19-22-25-27-29-30-33-35-38-41-44-47-50-56(58)61-54-55(62-57(59)51-48-45-42-39-36-32-24-21-18-15-12-9-6-3)53-60-52-49-46-43-40-37-34-31-28-26-23-20-17-14-11-8-5-2/h7,9-10,12,16,18-19,21,25-28,30,32-33,36,38,41,55H,4-6,8,11,13-15,17,20,22-24,29,31,34-35,37,39-40,42-54H2,1-3H3/b10-7-,12-9-,19-16-,21-18-,27-25-,28-26-,33-30-,36-32-,41-38-. The Bertz CT molecular complexity index is 1250. The lowest BCUT2D eigenvalue weighted by molar-refractivity contribution is -0.163. The van der Waals surface area contributed by atoms with Crippen molar-refractivity contribution in [1.82, 2.24) is 0 Å². The van der Waals surface area contributed by atoms with E-state index in [1.165, 1.54) is 77.0 Å². The van der Waals surface area contributed by atoms with E-state index in [1.807, 2.05) is 0 Å². The average molecular weight is 859 g/mol. The summed E-state index contributed by atoms with van der Waals surface area (Å²) in [7, 11) is 0. The van der Waals surface area contributed by atoms with E-state index in [1.54, 1.807) is 0 Å². The Morgan fingerprint density at radius 2 is 0.742 bits per heavy atom. The van der Waals surface area contributed by atoms with Crippen molar-refractivity contribution in [3.05, 3.63) is 109 Å². The molecule has 0 bridgehead atoms. The van der Waals surface area contributed by atoms with Crippen LogP contribution in [0.4, 0.5) is 0 Å². The normalized spacial score (nSPS) is 13.1. The largest absolute Gasteiger partial charge is 0.462 e. The predicted octanol–water partition coefficient (Wildman–Crippen LogP) is 17.2. The molecule has 0 heterocycles. The van der Waals surface area contributed by atoms with Crippen molar-refractivity contribution in [2.45, 2.75) is 219 Å². The zero-order chi connectivity index (χ0) is 44.9. The van der Waals surface area contributed by atoms with Gasteiger partial charge in [-0.2, -0.15) is 0 Å². The zero-order valence-electron chi connectivity index (χ0n) is 40.3. The first-order valence-electron chi connectivity index (χ1n) is 25.4. The molecule has 1 unspecified atom stereocenters. The van der Waals surface area contributed by atoms with Crippen LogP contribution >= 0.6 is 0 Å². The molecule has 0 aliphatic heterocycles. The van der Waals surface area contributed by atoms with Gasteiger partial charge in [0.2, 0.25) is 0 Å². The number of carbonyl (C=O) groups excluding carboxylic acids is 2. The van der Waals surface area contributed by atoms with Crippen molar-refractivity contribution in [1.29, 1.82) is 0 Å². The second kappa shape index (κ2) is 51.9. The molecule has 0 aromatic carbocycles. The lowest BCUT2D eigenvalue weighted by Crippen LogP contribution is -2.30. The molecule has 0 amide bonds. The number of hydrogen-bond acceptors (Lipinski definition) is 5. The molecule has 0 N–H and O–H groups in total. The number of esters is 2. The highest BCUT2D eigenvalue weighted by Crippen LogP contribution is 2.12. The lowest BCUT2D eigenvalue weighted by atomic mass is 10.1. The maximum Gasteiger partial charge on any atom is 0.306 e.